The first-order valence-electron chi connectivity index (χ1n) is 10.7. The summed E-state index contributed by atoms with van der Waals surface area (Å²) in [5.74, 6) is -5.60. The monoisotopic (exact) mass is 502 g/mol. The van der Waals surface area contributed by atoms with E-state index in [0.717, 1.165) is 6.07 Å². The maximum atomic E-state index is 16.1. The van der Waals surface area contributed by atoms with Crippen LogP contribution in [0.25, 0.3) is 22.4 Å². The van der Waals surface area contributed by atoms with Gasteiger partial charge in [-0.1, -0.05) is 13.8 Å². The van der Waals surface area contributed by atoms with E-state index in [-0.39, 0.29) is 11.3 Å². The van der Waals surface area contributed by atoms with Crippen LogP contribution in [0.4, 0.5) is 17.6 Å². The molecule has 0 aliphatic heterocycles. The second-order valence-corrected chi connectivity index (χ2v) is 9.94. The molecule has 0 bridgehead atoms. The van der Waals surface area contributed by atoms with E-state index >= 15 is 8.78 Å². The highest BCUT2D eigenvalue weighted by molar-refractivity contribution is 7.91. The maximum absolute atomic E-state index is 16.1. The van der Waals surface area contributed by atoms with E-state index in [0.29, 0.717) is 29.8 Å². The molecule has 0 N–H and O–H groups in total. The van der Waals surface area contributed by atoms with Crippen LogP contribution in [0.15, 0.2) is 58.7 Å². The van der Waals surface area contributed by atoms with E-state index in [1.165, 1.54) is 30.9 Å². The lowest BCUT2D eigenvalue weighted by molar-refractivity contribution is 0.531. The van der Waals surface area contributed by atoms with Crippen LogP contribution >= 0.6 is 0 Å². The first-order valence-corrected chi connectivity index (χ1v) is 12.2. The van der Waals surface area contributed by atoms with E-state index in [1.54, 1.807) is 25.3 Å². The first-order chi connectivity index (χ1) is 16.6. The van der Waals surface area contributed by atoms with Gasteiger partial charge in [0, 0.05) is 36.8 Å². The van der Waals surface area contributed by atoms with Crippen LogP contribution in [0.1, 0.15) is 32.3 Å². The number of sulfone groups is 1. The maximum Gasteiger partial charge on any atom is 0.212 e. The van der Waals surface area contributed by atoms with E-state index in [9.17, 15) is 17.2 Å². The standard InChI is InChI=1S/C25H20F4N3O2S/c1-4-32-13-18(15-7-9-30-10-8-15)24(31-32)22-20(28)12-17(14(2)3)25(23(22)29)35(33,34)21-11-16(26)5-6-19(21)27/h5-11,13-14H,4H2,1-3H3. The summed E-state index contributed by atoms with van der Waals surface area (Å²) in [6.45, 7) is 5.17. The Balaban J connectivity index is 2.08. The molecule has 181 valence electrons. The molecule has 2 aromatic heterocycles. The van der Waals surface area contributed by atoms with Gasteiger partial charge in [0.15, 0.2) is 5.82 Å². The molecule has 1 radical (unpaired) electrons. The van der Waals surface area contributed by atoms with E-state index in [2.05, 4.69) is 16.1 Å². The predicted octanol–water partition coefficient (Wildman–Crippen LogP) is 5.94. The summed E-state index contributed by atoms with van der Waals surface area (Å²) in [7, 11) is -4.95. The number of rotatable bonds is 6. The third-order valence-corrected chi connectivity index (χ3v) is 7.30. The number of aryl methyl sites for hydroxylation is 1. The third-order valence-electron chi connectivity index (χ3n) is 5.47. The van der Waals surface area contributed by atoms with Gasteiger partial charge in [0.2, 0.25) is 9.84 Å². The average molecular weight is 503 g/mol. The molecule has 35 heavy (non-hydrogen) atoms. The molecule has 4 rings (SSSR count). The van der Waals surface area contributed by atoms with Crippen molar-refractivity contribution in [3.8, 4) is 22.4 Å². The van der Waals surface area contributed by atoms with Crippen molar-refractivity contribution in [3.05, 3.63) is 83.8 Å². The fourth-order valence-corrected chi connectivity index (χ4v) is 5.47. The molecule has 2 aromatic carbocycles. The average Bonchev–Trinajstić information content (AvgIpc) is 3.24. The summed E-state index contributed by atoms with van der Waals surface area (Å²) in [5.41, 5.74) is -0.340. The molecule has 0 saturated heterocycles. The molecule has 0 unspecified atom stereocenters. The minimum atomic E-state index is -4.95. The van der Waals surface area contributed by atoms with Gasteiger partial charge in [-0.05, 0) is 54.3 Å². The van der Waals surface area contributed by atoms with Crippen LogP contribution < -0.4 is 0 Å². The fraction of sp³-hybridized carbons (Fsp3) is 0.200. The van der Waals surface area contributed by atoms with Gasteiger partial charge in [-0.15, -0.1) is 0 Å². The van der Waals surface area contributed by atoms with Gasteiger partial charge in [0.05, 0.1) is 5.56 Å². The number of halogens is 4. The van der Waals surface area contributed by atoms with Gasteiger partial charge in [-0.25, -0.2) is 26.0 Å². The lowest BCUT2D eigenvalue weighted by Crippen LogP contribution is -2.14. The highest BCUT2D eigenvalue weighted by Crippen LogP contribution is 2.41. The number of benzene rings is 2. The molecule has 0 atom stereocenters. The topological polar surface area (TPSA) is 64.8 Å². The molecule has 0 saturated carbocycles. The molecule has 0 aliphatic carbocycles. The predicted molar refractivity (Wildman–Crippen MR) is 121 cm³/mol. The Morgan fingerprint density at radius 1 is 1.06 bits per heavy atom. The van der Waals surface area contributed by atoms with Crippen LogP contribution in [-0.2, 0) is 16.4 Å². The minimum absolute atomic E-state index is 0.157. The molecule has 0 aliphatic rings. The van der Waals surface area contributed by atoms with Crippen molar-refractivity contribution in [2.75, 3.05) is 0 Å². The van der Waals surface area contributed by atoms with Gasteiger partial charge in [-0.3, -0.25) is 9.67 Å². The summed E-state index contributed by atoms with van der Waals surface area (Å²) in [6, 6.07) is 7.40. The summed E-state index contributed by atoms with van der Waals surface area (Å²) in [5, 5.41) is 4.27. The van der Waals surface area contributed by atoms with E-state index in [4.69, 9.17) is 0 Å². The van der Waals surface area contributed by atoms with Crippen molar-refractivity contribution in [3.63, 3.8) is 0 Å². The highest BCUT2D eigenvalue weighted by Gasteiger charge is 2.34. The van der Waals surface area contributed by atoms with Gasteiger partial charge in [0.25, 0.3) is 0 Å². The lowest BCUT2D eigenvalue weighted by atomic mass is 9.96. The van der Waals surface area contributed by atoms with Gasteiger partial charge < -0.3 is 0 Å². The largest absolute Gasteiger partial charge is 0.272 e. The molecule has 0 amide bonds. The molecule has 10 heteroatoms. The van der Waals surface area contributed by atoms with Gasteiger partial charge >= 0.3 is 0 Å². The number of nitrogens with zero attached hydrogens (tertiary/aromatic N) is 3. The van der Waals surface area contributed by atoms with Crippen molar-refractivity contribution in [1.82, 2.24) is 14.8 Å². The SMILES string of the molecule is CCn1cc(-c2ccncc2)c(-c2c(F)[c]c(C(C)C)c(S(=O)(=O)c3cc(F)ccc3F)c2F)n1. The second kappa shape index (κ2) is 9.26. The van der Waals surface area contributed by atoms with Gasteiger partial charge in [-0.2, -0.15) is 5.10 Å². The molecule has 0 fully saturated rings. The van der Waals surface area contributed by atoms with Crippen molar-refractivity contribution in [2.45, 2.75) is 43.0 Å². The normalized spacial score (nSPS) is 11.9. The zero-order chi connectivity index (χ0) is 25.5. The lowest BCUT2D eigenvalue weighted by Gasteiger charge is -2.17. The minimum Gasteiger partial charge on any atom is -0.272 e. The number of hydrogen-bond acceptors (Lipinski definition) is 4. The van der Waals surface area contributed by atoms with Crippen LogP contribution in [0.5, 0.6) is 0 Å². The number of hydrogen-bond donors (Lipinski definition) is 0. The second-order valence-electron chi connectivity index (χ2n) is 8.09. The highest BCUT2D eigenvalue weighted by atomic mass is 32.2. The Morgan fingerprint density at radius 2 is 1.74 bits per heavy atom. The summed E-state index contributed by atoms with van der Waals surface area (Å²) in [6.07, 6.45) is 4.55. The summed E-state index contributed by atoms with van der Waals surface area (Å²) >= 11 is 0. The zero-order valence-electron chi connectivity index (χ0n) is 19.0. The van der Waals surface area contributed by atoms with Crippen LogP contribution in [0.2, 0.25) is 0 Å². The Kier molecular flexibility index (Phi) is 6.50. The molecule has 0 spiro atoms. The summed E-state index contributed by atoms with van der Waals surface area (Å²) in [4.78, 5) is 1.90. The van der Waals surface area contributed by atoms with Crippen LogP contribution in [0, 0.1) is 29.3 Å². The van der Waals surface area contributed by atoms with Crippen molar-refractivity contribution in [1.29, 1.82) is 0 Å². The third kappa shape index (κ3) is 4.34. The zero-order valence-corrected chi connectivity index (χ0v) is 19.8. The smallest absolute Gasteiger partial charge is 0.212 e. The summed E-state index contributed by atoms with van der Waals surface area (Å²) < 4.78 is 88.2. The van der Waals surface area contributed by atoms with E-state index in [1.807, 2.05) is 0 Å². The molecule has 2 heterocycles. The Bertz CT molecular complexity index is 1520. The van der Waals surface area contributed by atoms with Crippen molar-refractivity contribution < 1.29 is 26.0 Å². The molecule has 5 nitrogen and oxygen atoms in total. The van der Waals surface area contributed by atoms with Crippen LogP contribution in [-0.4, -0.2) is 23.2 Å². The Morgan fingerprint density at radius 3 is 2.37 bits per heavy atom. The van der Waals surface area contributed by atoms with Gasteiger partial charge in [0.1, 0.15) is 32.9 Å². The molecular formula is C25H20F4N3O2S. The molecular weight excluding hydrogens is 482 g/mol. The molecule has 4 aromatic rings. The first kappa shape index (κ1) is 24.6. The number of pyridine rings is 1. The quantitative estimate of drug-likeness (QED) is 0.242. The van der Waals surface area contributed by atoms with Crippen molar-refractivity contribution >= 4 is 9.84 Å². The van der Waals surface area contributed by atoms with Crippen molar-refractivity contribution in [2.24, 2.45) is 0 Å². The Labute approximate surface area is 200 Å². The van der Waals surface area contributed by atoms with Crippen LogP contribution in [0.3, 0.4) is 0 Å². The number of aromatic nitrogens is 3. The fourth-order valence-electron chi connectivity index (χ4n) is 3.75. The Hall–Kier alpha value is -3.53. The van der Waals surface area contributed by atoms with E-state index < -0.39 is 54.4 Å².